The van der Waals surface area contributed by atoms with Crippen molar-refractivity contribution in [3.63, 3.8) is 0 Å². The van der Waals surface area contributed by atoms with Gasteiger partial charge in [-0.3, -0.25) is 0 Å². The molecule has 18 heavy (non-hydrogen) atoms. The van der Waals surface area contributed by atoms with Crippen molar-refractivity contribution in [3.8, 4) is 0 Å². The van der Waals surface area contributed by atoms with Gasteiger partial charge in [0.05, 0.1) is 6.54 Å². The third-order valence-electron chi connectivity index (χ3n) is 3.32. The highest BCUT2D eigenvalue weighted by molar-refractivity contribution is 5.68. The van der Waals surface area contributed by atoms with Gasteiger partial charge in [0, 0.05) is 31.4 Å². The topological polar surface area (TPSA) is 34.5 Å². The van der Waals surface area contributed by atoms with Gasteiger partial charge < -0.3 is 14.2 Å². The number of aromatic nitrogens is 1. The summed E-state index contributed by atoms with van der Waals surface area (Å²) in [6.07, 6.45) is 0.688. The van der Waals surface area contributed by atoms with Gasteiger partial charge in [0.1, 0.15) is 5.60 Å². The van der Waals surface area contributed by atoms with Crippen LogP contribution in [0.4, 0.5) is 4.79 Å². The van der Waals surface area contributed by atoms with Crippen LogP contribution in [0.15, 0.2) is 6.07 Å². The predicted molar refractivity (Wildman–Crippen MR) is 70.5 cm³/mol. The quantitative estimate of drug-likeness (QED) is 0.709. The van der Waals surface area contributed by atoms with Gasteiger partial charge in [0.25, 0.3) is 0 Å². The van der Waals surface area contributed by atoms with Gasteiger partial charge in [-0.1, -0.05) is 0 Å². The van der Waals surface area contributed by atoms with Crippen molar-refractivity contribution < 1.29 is 9.53 Å². The maximum Gasteiger partial charge on any atom is 0.410 e. The maximum atomic E-state index is 12.0. The summed E-state index contributed by atoms with van der Waals surface area (Å²) in [4.78, 5) is 13.8. The first-order valence-corrected chi connectivity index (χ1v) is 6.40. The van der Waals surface area contributed by atoms with Gasteiger partial charge >= 0.3 is 6.09 Å². The average Bonchev–Trinajstić information content (AvgIpc) is 2.52. The van der Waals surface area contributed by atoms with Gasteiger partial charge in [-0.25, -0.2) is 4.79 Å². The van der Waals surface area contributed by atoms with Crippen LogP contribution in [0.2, 0.25) is 0 Å². The molecule has 1 aliphatic heterocycles. The number of carbonyl (C=O) groups is 1. The lowest BCUT2D eigenvalue weighted by Crippen LogP contribution is -2.40. The summed E-state index contributed by atoms with van der Waals surface area (Å²) in [5.74, 6) is 0. The number of hydrogen-bond donors (Lipinski definition) is 0. The third-order valence-corrected chi connectivity index (χ3v) is 3.32. The number of fused-ring (bicyclic) bond motifs is 1. The van der Waals surface area contributed by atoms with Crippen LogP contribution in [0, 0.1) is 6.92 Å². The molecule has 0 fully saturated rings. The molecule has 0 bridgehead atoms. The molecule has 4 nitrogen and oxygen atoms in total. The minimum absolute atomic E-state index is 0.213. The normalized spacial score (nSPS) is 15.5. The van der Waals surface area contributed by atoms with Crippen LogP contribution in [0.1, 0.15) is 37.7 Å². The highest BCUT2D eigenvalue weighted by atomic mass is 16.6. The van der Waals surface area contributed by atoms with Crippen molar-refractivity contribution in [3.05, 3.63) is 23.0 Å². The van der Waals surface area contributed by atoms with Gasteiger partial charge in [-0.15, -0.1) is 0 Å². The largest absolute Gasteiger partial charge is 0.444 e. The lowest BCUT2D eigenvalue weighted by molar-refractivity contribution is 0.0222. The lowest BCUT2D eigenvalue weighted by atomic mass is 10.1. The summed E-state index contributed by atoms with van der Waals surface area (Å²) < 4.78 is 7.62. The van der Waals surface area contributed by atoms with Gasteiger partial charge in [0.15, 0.2) is 0 Å². The summed E-state index contributed by atoms with van der Waals surface area (Å²) in [6, 6.07) is 2.16. The zero-order valence-electron chi connectivity index (χ0n) is 11.9. The van der Waals surface area contributed by atoms with Crippen molar-refractivity contribution >= 4 is 6.09 Å². The van der Waals surface area contributed by atoms with Crippen molar-refractivity contribution in [2.24, 2.45) is 7.05 Å². The van der Waals surface area contributed by atoms with Crippen molar-refractivity contribution in [2.75, 3.05) is 6.54 Å². The molecule has 1 aliphatic rings. The molecular weight excluding hydrogens is 228 g/mol. The minimum atomic E-state index is -0.427. The third kappa shape index (κ3) is 2.52. The Balaban J connectivity index is 2.10. The minimum Gasteiger partial charge on any atom is -0.444 e. The van der Waals surface area contributed by atoms with E-state index >= 15 is 0 Å². The molecule has 100 valence electrons. The van der Waals surface area contributed by atoms with E-state index in [0.29, 0.717) is 6.54 Å². The fraction of sp³-hybridized carbons (Fsp3) is 0.643. The molecule has 0 atom stereocenters. The fourth-order valence-corrected chi connectivity index (χ4v) is 2.33. The summed E-state index contributed by atoms with van der Waals surface area (Å²) in [7, 11) is 2.08. The second-order valence-corrected chi connectivity index (χ2v) is 5.97. The summed E-state index contributed by atoms with van der Waals surface area (Å²) >= 11 is 0. The summed E-state index contributed by atoms with van der Waals surface area (Å²) in [6.45, 7) is 9.17. The Morgan fingerprint density at radius 2 is 2.06 bits per heavy atom. The lowest BCUT2D eigenvalue weighted by Gasteiger charge is -2.30. The summed E-state index contributed by atoms with van der Waals surface area (Å²) in [5, 5.41) is 0. The molecule has 0 spiro atoms. The van der Waals surface area contributed by atoms with Gasteiger partial charge in [-0.2, -0.15) is 0 Å². The van der Waals surface area contributed by atoms with Crippen LogP contribution < -0.4 is 0 Å². The molecule has 4 heteroatoms. The fourth-order valence-electron chi connectivity index (χ4n) is 2.33. The Hall–Kier alpha value is -1.45. The van der Waals surface area contributed by atoms with Crippen LogP contribution in [-0.4, -0.2) is 27.7 Å². The predicted octanol–water partition coefficient (Wildman–Crippen LogP) is 2.63. The van der Waals surface area contributed by atoms with Gasteiger partial charge in [0.2, 0.25) is 0 Å². The van der Waals surface area contributed by atoms with Crippen molar-refractivity contribution in [1.29, 1.82) is 0 Å². The Morgan fingerprint density at radius 3 is 2.67 bits per heavy atom. The number of nitrogens with zero attached hydrogens (tertiary/aromatic N) is 2. The number of amides is 1. The Bertz CT molecular complexity index is 469. The highest BCUT2D eigenvalue weighted by Gasteiger charge is 2.27. The molecule has 2 heterocycles. The summed E-state index contributed by atoms with van der Waals surface area (Å²) in [5.41, 5.74) is 3.40. The average molecular weight is 250 g/mol. The van der Waals surface area contributed by atoms with Crippen LogP contribution in [-0.2, 0) is 24.8 Å². The molecular formula is C14H22N2O2. The first kappa shape index (κ1) is 13.0. The number of ether oxygens (including phenoxy) is 1. The number of rotatable bonds is 0. The van der Waals surface area contributed by atoms with E-state index in [2.05, 4.69) is 24.6 Å². The molecule has 0 aromatic carbocycles. The van der Waals surface area contributed by atoms with E-state index in [9.17, 15) is 4.79 Å². The van der Waals surface area contributed by atoms with E-state index in [4.69, 9.17) is 4.74 Å². The molecule has 2 rings (SSSR count). The van der Waals surface area contributed by atoms with E-state index < -0.39 is 5.60 Å². The van der Waals surface area contributed by atoms with E-state index in [1.807, 2.05) is 20.8 Å². The Morgan fingerprint density at radius 1 is 1.39 bits per heavy atom. The Kier molecular flexibility index (Phi) is 3.13. The molecule has 0 saturated heterocycles. The molecule has 0 aliphatic carbocycles. The van der Waals surface area contributed by atoms with Crippen LogP contribution in [0.5, 0.6) is 0 Å². The second kappa shape index (κ2) is 4.34. The monoisotopic (exact) mass is 250 g/mol. The molecule has 0 saturated carbocycles. The Labute approximate surface area is 109 Å². The van der Waals surface area contributed by atoms with Crippen molar-refractivity contribution in [1.82, 2.24) is 9.47 Å². The smallest absolute Gasteiger partial charge is 0.410 e. The van der Waals surface area contributed by atoms with Crippen LogP contribution in [0.25, 0.3) is 0 Å². The SMILES string of the molecule is Cc1cc2c(n1C)CCN(C(=O)OC(C)(C)C)C2. The van der Waals surface area contributed by atoms with E-state index in [-0.39, 0.29) is 6.09 Å². The van der Waals surface area contributed by atoms with Crippen LogP contribution >= 0.6 is 0 Å². The zero-order chi connectivity index (χ0) is 13.5. The molecule has 1 aromatic heterocycles. The molecule has 0 N–H and O–H groups in total. The zero-order valence-corrected chi connectivity index (χ0v) is 11.9. The second-order valence-electron chi connectivity index (χ2n) is 5.97. The molecule has 1 aromatic rings. The van der Waals surface area contributed by atoms with Gasteiger partial charge in [-0.05, 0) is 39.3 Å². The van der Waals surface area contributed by atoms with Crippen molar-refractivity contribution in [2.45, 2.75) is 46.3 Å². The number of carbonyl (C=O) groups excluding carboxylic acids is 1. The first-order chi connectivity index (χ1) is 8.28. The van der Waals surface area contributed by atoms with E-state index in [1.54, 1.807) is 4.90 Å². The maximum absolute atomic E-state index is 12.0. The number of aryl methyl sites for hydroxylation is 1. The molecule has 0 unspecified atom stereocenters. The van der Waals surface area contributed by atoms with Crippen LogP contribution in [0.3, 0.4) is 0 Å². The number of hydrogen-bond acceptors (Lipinski definition) is 2. The molecule has 0 radical (unpaired) electrons. The highest BCUT2D eigenvalue weighted by Crippen LogP contribution is 2.23. The van der Waals surface area contributed by atoms with E-state index in [0.717, 1.165) is 13.0 Å². The first-order valence-electron chi connectivity index (χ1n) is 6.40. The standard InChI is InChI=1S/C14H22N2O2/c1-10-8-11-9-16(7-6-12(11)15(10)5)13(17)18-14(2,3)4/h8H,6-7,9H2,1-5H3. The van der Waals surface area contributed by atoms with E-state index in [1.165, 1.54) is 17.0 Å². The molecule has 1 amide bonds.